The predicted molar refractivity (Wildman–Crippen MR) is 48.0 cm³/mol. The Labute approximate surface area is 83.3 Å². The molecule has 3 aliphatic heterocycles. The average Bonchev–Trinajstić information content (AvgIpc) is 2.51. The van der Waals surface area contributed by atoms with Gasteiger partial charge in [-0.15, -0.1) is 0 Å². The van der Waals surface area contributed by atoms with Gasteiger partial charge < -0.3 is 14.0 Å². The van der Waals surface area contributed by atoms with Crippen LogP contribution in [0.5, 0.6) is 0 Å². The van der Waals surface area contributed by atoms with E-state index in [0.29, 0.717) is 5.92 Å². The fourth-order valence-corrected chi connectivity index (χ4v) is 4.99. The van der Waals surface area contributed by atoms with E-state index in [1.54, 1.807) is 0 Å². The summed E-state index contributed by atoms with van der Waals surface area (Å²) in [4.78, 5) is 0. The maximum Gasteiger partial charge on any atom is 0.644 e. The van der Waals surface area contributed by atoms with Crippen molar-refractivity contribution in [2.75, 3.05) is 0 Å². The van der Waals surface area contributed by atoms with Crippen molar-refractivity contribution in [2.24, 2.45) is 17.8 Å². The molecule has 14 heavy (non-hydrogen) atoms. The molecule has 4 saturated carbocycles. The maximum absolute atomic E-state index is 5.94. The van der Waals surface area contributed by atoms with Crippen molar-refractivity contribution >= 4 is 7.32 Å². The quantitative estimate of drug-likeness (QED) is 0.541. The third-order valence-electron chi connectivity index (χ3n) is 5.18. The molecule has 3 heterocycles. The molecular formula is C10H13BO3. The highest BCUT2D eigenvalue weighted by atomic mass is 16.9. The molecule has 3 nitrogen and oxygen atoms in total. The fraction of sp³-hybridized carbons (Fsp3) is 1.00. The second-order valence-electron chi connectivity index (χ2n) is 5.85. The van der Waals surface area contributed by atoms with Crippen molar-refractivity contribution in [3.63, 3.8) is 0 Å². The summed E-state index contributed by atoms with van der Waals surface area (Å²) in [6.45, 7) is 0. The molecule has 0 radical (unpaired) electrons. The summed E-state index contributed by atoms with van der Waals surface area (Å²) in [6, 6.07) is 0. The van der Waals surface area contributed by atoms with Gasteiger partial charge in [0.15, 0.2) is 5.79 Å². The van der Waals surface area contributed by atoms with Crippen LogP contribution in [-0.2, 0) is 14.0 Å². The van der Waals surface area contributed by atoms with E-state index in [2.05, 4.69) is 0 Å². The molecule has 0 aromatic heterocycles. The third kappa shape index (κ3) is 0.530. The van der Waals surface area contributed by atoms with E-state index in [1.165, 1.54) is 32.1 Å². The summed E-state index contributed by atoms with van der Waals surface area (Å²) in [5.74, 6) is 2.13. The Hall–Kier alpha value is -0.0551. The minimum Gasteiger partial charge on any atom is -0.375 e. The van der Waals surface area contributed by atoms with Crippen LogP contribution in [0.1, 0.15) is 32.1 Å². The predicted octanol–water partition coefficient (Wildman–Crippen LogP) is 1.32. The first-order chi connectivity index (χ1) is 6.80. The van der Waals surface area contributed by atoms with Crippen molar-refractivity contribution in [1.82, 2.24) is 0 Å². The van der Waals surface area contributed by atoms with E-state index >= 15 is 0 Å². The molecule has 0 N–H and O–H groups in total. The van der Waals surface area contributed by atoms with Gasteiger partial charge >= 0.3 is 7.32 Å². The monoisotopic (exact) mass is 192 g/mol. The zero-order valence-corrected chi connectivity index (χ0v) is 8.07. The molecule has 74 valence electrons. The number of rotatable bonds is 0. The van der Waals surface area contributed by atoms with E-state index in [0.717, 1.165) is 11.8 Å². The molecule has 3 saturated heterocycles. The zero-order chi connectivity index (χ0) is 8.97. The molecule has 2 unspecified atom stereocenters. The first kappa shape index (κ1) is 7.26. The maximum atomic E-state index is 5.94. The second kappa shape index (κ2) is 1.81. The molecule has 0 aromatic carbocycles. The SMILES string of the molecule is C1C2CC3CC1CC1(C2)OB2OC31O2. The van der Waals surface area contributed by atoms with Crippen molar-refractivity contribution < 1.29 is 14.0 Å². The Morgan fingerprint density at radius 3 is 2.36 bits per heavy atom. The molecule has 2 spiro atoms. The summed E-state index contributed by atoms with van der Waals surface area (Å²) in [7, 11) is -0.312. The Kier molecular flexibility index (Phi) is 0.938. The molecule has 7 rings (SSSR count). The van der Waals surface area contributed by atoms with Gasteiger partial charge in [-0.05, 0) is 43.9 Å². The van der Waals surface area contributed by atoms with Gasteiger partial charge in [0, 0.05) is 5.92 Å². The summed E-state index contributed by atoms with van der Waals surface area (Å²) in [5, 5.41) is 0. The molecule has 4 heteroatoms. The first-order valence-corrected chi connectivity index (χ1v) is 5.83. The molecular weight excluding hydrogens is 179 g/mol. The minimum absolute atomic E-state index is 0.0214. The lowest BCUT2D eigenvalue weighted by Gasteiger charge is -2.62. The Morgan fingerprint density at radius 1 is 0.929 bits per heavy atom. The molecule has 0 aromatic rings. The Balaban J connectivity index is 1.73. The molecule has 7 fully saturated rings. The highest BCUT2D eigenvalue weighted by Crippen LogP contribution is 2.69. The van der Waals surface area contributed by atoms with Gasteiger partial charge in [-0.1, -0.05) is 0 Å². The van der Waals surface area contributed by atoms with Gasteiger partial charge in [0.25, 0.3) is 0 Å². The van der Waals surface area contributed by atoms with Gasteiger partial charge in [0.1, 0.15) is 5.60 Å². The van der Waals surface area contributed by atoms with Crippen LogP contribution in [0.15, 0.2) is 0 Å². The lowest BCUT2D eigenvalue weighted by atomic mass is 9.51. The largest absolute Gasteiger partial charge is 0.644 e. The van der Waals surface area contributed by atoms with Gasteiger partial charge in [0.2, 0.25) is 0 Å². The van der Waals surface area contributed by atoms with Crippen molar-refractivity contribution in [3.8, 4) is 0 Å². The summed E-state index contributed by atoms with van der Waals surface area (Å²) < 4.78 is 17.6. The third-order valence-corrected chi connectivity index (χ3v) is 5.18. The molecule has 0 amide bonds. The first-order valence-electron chi connectivity index (χ1n) is 5.83. The van der Waals surface area contributed by atoms with Gasteiger partial charge in [0.05, 0.1) is 0 Å². The van der Waals surface area contributed by atoms with E-state index in [4.69, 9.17) is 14.0 Å². The van der Waals surface area contributed by atoms with Crippen LogP contribution in [-0.4, -0.2) is 18.7 Å². The Morgan fingerprint density at radius 2 is 1.64 bits per heavy atom. The van der Waals surface area contributed by atoms with Crippen LogP contribution in [0.4, 0.5) is 0 Å². The Bertz CT molecular complexity index is 311. The molecule has 7 aliphatic rings. The van der Waals surface area contributed by atoms with Crippen LogP contribution in [0, 0.1) is 17.8 Å². The van der Waals surface area contributed by atoms with E-state index < -0.39 is 0 Å². The van der Waals surface area contributed by atoms with E-state index in [1.807, 2.05) is 0 Å². The van der Waals surface area contributed by atoms with Crippen LogP contribution in [0.2, 0.25) is 0 Å². The molecule has 4 aliphatic carbocycles. The van der Waals surface area contributed by atoms with Crippen LogP contribution >= 0.6 is 0 Å². The lowest BCUT2D eigenvalue weighted by molar-refractivity contribution is -0.313. The number of hydrogen-bond acceptors (Lipinski definition) is 3. The highest BCUT2D eigenvalue weighted by Gasteiger charge is 2.81. The van der Waals surface area contributed by atoms with Gasteiger partial charge in [-0.25, -0.2) is 0 Å². The lowest BCUT2D eigenvalue weighted by Crippen LogP contribution is -2.70. The smallest absolute Gasteiger partial charge is 0.375 e. The minimum atomic E-state index is -0.312. The standard InChI is InChI=1S/C10H13BO3/c1-6-2-8-3-7(1)5-9(4-6)10(8)13-11(12-9)14-10/h6-8H,1-5H2. The summed E-state index contributed by atoms with van der Waals surface area (Å²) >= 11 is 0. The average molecular weight is 192 g/mol. The van der Waals surface area contributed by atoms with Gasteiger partial charge in [-0.2, -0.15) is 0 Å². The highest BCUT2D eigenvalue weighted by molar-refractivity contribution is 6.41. The van der Waals surface area contributed by atoms with Crippen molar-refractivity contribution in [3.05, 3.63) is 0 Å². The fourth-order valence-electron chi connectivity index (χ4n) is 4.99. The van der Waals surface area contributed by atoms with Gasteiger partial charge in [-0.3, -0.25) is 0 Å². The summed E-state index contributed by atoms with van der Waals surface area (Å²) in [5.41, 5.74) is -0.0214. The van der Waals surface area contributed by atoms with E-state index in [9.17, 15) is 0 Å². The van der Waals surface area contributed by atoms with Crippen LogP contribution < -0.4 is 0 Å². The van der Waals surface area contributed by atoms with E-state index in [-0.39, 0.29) is 18.7 Å². The molecule has 6 bridgehead atoms. The van der Waals surface area contributed by atoms with Crippen LogP contribution in [0.25, 0.3) is 0 Å². The zero-order valence-electron chi connectivity index (χ0n) is 8.07. The topological polar surface area (TPSA) is 27.7 Å². The van der Waals surface area contributed by atoms with Crippen LogP contribution in [0.3, 0.4) is 0 Å². The van der Waals surface area contributed by atoms with Crippen molar-refractivity contribution in [1.29, 1.82) is 0 Å². The second-order valence-corrected chi connectivity index (χ2v) is 5.85. The normalized spacial score (nSPS) is 66.9. The molecule has 2 atom stereocenters. The number of hydrogen-bond donors (Lipinski definition) is 0. The summed E-state index contributed by atoms with van der Waals surface area (Å²) in [6.07, 6.45) is 6.44. The van der Waals surface area contributed by atoms with Crippen molar-refractivity contribution in [2.45, 2.75) is 43.5 Å².